The Bertz CT molecular complexity index is 527. The highest BCUT2D eigenvalue weighted by Gasteiger charge is 2.25. The molecule has 1 aromatic carbocycles. The maximum atomic E-state index is 11.5. The molecule has 0 bridgehead atoms. The number of amides is 1. The van der Waals surface area contributed by atoms with Crippen LogP contribution in [-0.4, -0.2) is 45.0 Å². The summed E-state index contributed by atoms with van der Waals surface area (Å²) in [7, 11) is 0. The molecular formula is C16H22N2O4. The summed E-state index contributed by atoms with van der Waals surface area (Å²) in [4.78, 5) is 13.8. The van der Waals surface area contributed by atoms with Gasteiger partial charge in [-0.3, -0.25) is 0 Å². The van der Waals surface area contributed by atoms with E-state index in [0.29, 0.717) is 19.8 Å². The van der Waals surface area contributed by atoms with Crippen LogP contribution in [0.4, 0.5) is 10.5 Å². The summed E-state index contributed by atoms with van der Waals surface area (Å²) >= 11 is 0. The summed E-state index contributed by atoms with van der Waals surface area (Å²) in [5.74, 6) is 1.65. The average molecular weight is 306 g/mol. The number of fused-ring (bicyclic) bond motifs is 1. The number of para-hydroxylation sites is 1. The number of piperidine rings is 1. The van der Waals surface area contributed by atoms with E-state index in [4.69, 9.17) is 14.2 Å². The van der Waals surface area contributed by atoms with E-state index in [1.165, 1.54) is 0 Å². The molecule has 1 amide bonds. The quantitative estimate of drug-likeness (QED) is 0.927. The van der Waals surface area contributed by atoms with Crippen LogP contribution in [0.1, 0.15) is 19.8 Å². The first-order chi connectivity index (χ1) is 10.8. The van der Waals surface area contributed by atoms with E-state index in [1.54, 1.807) is 0 Å². The van der Waals surface area contributed by atoms with Crippen LogP contribution in [0.2, 0.25) is 0 Å². The third-order valence-corrected chi connectivity index (χ3v) is 3.98. The molecule has 0 unspecified atom stereocenters. The van der Waals surface area contributed by atoms with Crippen molar-refractivity contribution < 1.29 is 19.0 Å². The van der Waals surface area contributed by atoms with Gasteiger partial charge in [0.1, 0.15) is 13.2 Å². The Hall–Kier alpha value is -2.11. The van der Waals surface area contributed by atoms with Gasteiger partial charge in [0, 0.05) is 19.1 Å². The standard InChI is InChI=1S/C16H22N2O4/c1-2-20-16(19)17-12-6-8-18(9-7-12)13-4-3-5-14-15(13)22-11-10-21-14/h3-5,12H,2,6-11H2,1H3,(H,17,19). The van der Waals surface area contributed by atoms with Crippen molar-refractivity contribution in [3.63, 3.8) is 0 Å². The average Bonchev–Trinajstić information content (AvgIpc) is 2.55. The van der Waals surface area contributed by atoms with Gasteiger partial charge >= 0.3 is 6.09 Å². The van der Waals surface area contributed by atoms with E-state index in [9.17, 15) is 4.79 Å². The second kappa shape index (κ2) is 6.77. The van der Waals surface area contributed by atoms with Gasteiger partial charge in [-0.05, 0) is 31.9 Å². The van der Waals surface area contributed by atoms with Crippen LogP contribution in [0.25, 0.3) is 0 Å². The molecule has 0 aromatic heterocycles. The minimum atomic E-state index is -0.324. The summed E-state index contributed by atoms with van der Waals surface area (Å²) in [5, 5.41) is 2.91. The SMILES string of the molecule is CCOC(=O)NC1CCN(c2cccc3c2OCCO3)CC1. The molecule has 1 aromatic rings. The summed E-state index contributed by atoms with van der Waals surface area (Å²) in [6.45, 7) is 5.14. The van der Waals surface area contributed by atoms with Crippen molar-refractivity contribution in [1.82, 2.24) is 5.32 Å². The number of anilines is 1. The zero-order valence-electron chi connectivity index (χ0n) is 12.8. The first kappa shape index (κ1) is 14.8. The molecule has 1 saturated heterocycles. The second-order valence-electron chi connectivity index (χ2n) is 5.43. The van der Waals surface area contributed by atoms with Gasteiger partial charge in [-0.25, -0.2) is 4.79 Å². The van der Waals surface area contributed by atoms with E-state index in [2.05, 4.69) is 16.3 Å². The molecule has 0 aliphatic carbocycles. The molecule has 6 nitrogen and oxygen atoms in total. The van der Waals surface area contributed by atoms with Crippen LogP contribution >= 0.6 is 0 Å². The van der Waals surface area contributed by atoms with Crippen LogP contribution in [0.5, 0.6) is 11.5 Å². The van der Waals surface area contributed by atoms with Crippen molar-refractivity contribution in [2.75, 3.05) is 37.8 Å². The van der Waals surface area contributed by atoms with Gasteiger partial charge in [-0.2, -0.15) is 0 Å². The molecular weight excluding hydrogens is 284 g/mol. The number of nitrogens with zero attached hydrogens (tertiary/aromatic N) is 1. The Kier molecular flexibility index (Phi) is 4.56. The van der Waals surface area contributed by atoms with Crippen LogP contribution in [0.15, 0.2) is 18.2 Å². The van der Waals surface area contributed by atoms with Crippen molar-refractivity contribution in [3.8, 4) is 11.5 Å². The van der Waals surface area contributed by atoms with E-state index >= 15 is 0 Å². The Morgan fingerprint density at radius 2 is 2.09 bits per heavy atom. The number of benzene rings is 1. The van der Waals surface area contributed by atoms with Crippen LogP contribution in [-0.2, 0) is 4.74 Å². The molecule has 1 fully saturated rings. The summed E-state index contributed by atoms with van der Waals surface area (Å²) in [6.07, 6.45) is 1.46. The predicted octanol–water partition coefficient (Wildman–Crippen LogP) is 2.17. The van der Waals surface area contributed by atoms with E-state index in [1.807, 2.05) is 19.1 Å². The predicted molar refractivity (Wildman–Crippen MR) is 82.8 cm³/mol. The number of rotatable bonds is 3. The lowest BCUT2D eigenvalue weighted by Crippen LogP contribution is -2.45. The molecule has 0 spiro atoms. The number of alkyl carbamates (subject to hydrolysis) is 1. The van der Waals surface area contributed by atoms with Crippen molar-refractivity contribution in [3.05, 3.63) is 18.2 Å². The fraction of sp³-hybridized carbons (Fsp3) is 0.562. The third kappa shape index (κ3) is 3.21. The lowest BCUT2D eigenvalue weighted by atomic mass is 10.0. The van der Waals surface area contributed by atoms with Gasteiger partial charge in [0.15, 0.2) is 11.5 Å². The van der Waals surface area contributed by atoms with Crippen molar-refractivity contribution in [2.45, 2.75) is 25.8 Å². The van der Waals surface area contributed by atoms with Crippen LogP contribution in [0.3, 0.4) is 0 Å². The van der Waals surface area contributed by atoms with Crippen molar-refractivity contribution >= 4 is 11.8 Å². The third-order valence-electron chi connectivity index (χ3n) is 3.98. The molecule has 6 heteroatoms. The highest BCUT2D eigenvalue weighted by atomic mass is 16.6. The van der Waals surface area contributed by atoms with E-state index in [-0.39, 0.29) is 12.1 Å². The number of hydrogen-bond donors (Lipinski definition) is 1. The Morgan fingerprint density at radius 3 is 2.86 bits per heavy atom. The Morgan fingerprint density at radius 1 is 1.32 bits per heavy atom. The van der Waals surface area contributed by atoms with E-state index in [0.717, 1.165) is 43.1 Å². The van der Waals surface area contributed by atoms with Gasteiger partial charge < -0.3 is 24.4 Å². The van der Waals surface area contributed by atoms with Crippen LogP contribution < -0.4 is 19.7 Å². The maximum Gasteiger partial charge on any atom is 0.407 e. The summed E-state index contributed by atoms with van der Waals surface area (Å²) in [6, 6.07) is 6.16. The summed E-state index contributed by atoms with van der Waals surface area (Å²) < 4.78 is 16.3. The van der Waals surface area contributed by atoms with Crippen molar-refractivity contribution in [1.29, 1.82) is 0 Å². The normalized spacial score (nSPS) is 18.0. The number of ether oxygens (including phenoxy) is 3. The largest absolute Gasteiger partial charge is 0.486 e. The first-order valence-corrected chi connectivity index (χ1v) is 7.84. The molecule has 2 aliphatic heterocycles. The van der Waals surface area contributed by atoms with Gasteiger partial charge in [0.05, 0.1) is 12.3 Å². The number of nitrogens with one attached hydrogen (secondary N) is 1. The maximum absolute atomic E-state index is 11.5. The molecule has 0 saturated carbocycles. The summed E-state index contributed by atoms with van der Waals surface area (Å²) in [5.41, 5.74) is 1.08. The van der Waals surface area contributed by atoms with E-state index < -0.39 is 0 Å². The first-order valence-electron chi connectivity index (χ1n) is 7.84. The molecule has 2 heterocycles. The minimum Gasteiger partial charge on any atom is -0.486 e. The number of carbonyl (C=O) groups excluding carboxylic acids is 1. The molecule has 0 atom stereocenters. The van der Waals surface area contributed by atoms with Gasteiger partial charge in [0.2, 0.25) is 0 Å². The molecule has 1 N–H and O–H groups in total. The number of carbonyl (C=O) groups is 1. The smallest absolute Gasteiger partial charge is 0.407 e. The second-order valence-corrected chi connectivity index (χ2v) is 5.43. The lowest BCUT2D eigenvalue weighted by Gasteiger charge is -2.35. The minimum absolute atomic E-state index is 0.173. The van der Waals surface area contributed by atoms with Gasteiger partial charge in [0.25, 0.3) is 0 Å². The molecule has 120 valence electrons. The molecule has 3 rings (SSSR count). The number of hydrogen-bond acceptors (Lipinski definition) is 5. The topological polar surface area (TPSA) is 60.0 Å². The fourth-order valence-electron chi connectivity index (χ4n) is 2.91. The molecule has 22 heavy (non-hydrogen) atoms. The zero-order valence-corrected chi connectivity index (χ0v) is 12.8. The zero-order chi connectivity index (χ0) is 15.4. The fourth-order valence-corrected chi connectivity index (χ4v) is 2.91. The lowest BCUT2D eigenvalue weighted by molar-refractivity contribution is 0.146. The van der Waals surface area contributed by atoms with Crippen molar-refractivity contribution in [2.24, 2.45) is 0 Å². The molecule has 2 aliphatic rings. The highest BCUT2D eigenvalue weighted by molar-refractivity contribution is 5.68. The monoisotopic (exact) mass is 306 g/mol. The Labute approximate surface area is 130 Å². The Balaban J connectivity index is 1.61. The van der Waals surface area contributed by atoms with Gasteiger partial charge in [-0.1, -0.05) is 6.07 Å². The molecule has 0 radical (unpaired) electrons. The van der Waals surface area contributed by atoms with Crippen LogP contribution in [0, 0.1) is 0 Å². The highest BCUT2D eigenvalue weighted by Crippen LogP contribution is 2.40. The van der Waals surface area contributed by atoms with Gasteiger partial charge in [-0.15, -0.1) is 0 Å².